The van der Waals surface area contributed by atoms with E-state index in [4.69, 9.17) is 4.74 Å². The maximum absolute atomic E-state index is 13.0. The summed E-state index contributed by atoms with van der Waals surface area (Å²) in [6, 6.07) is 18.9. The highest BCUT2D eigenvalue weighted by Crippen LogP contribution is 2.31. The highest BCUT2D eigenvalue weighted by atomic mass is 32.2. The maximum Gasteiger partial charge on any atom is 0.335 e. The van der Waals surface area contributed by atoms with Gasteiger partial charge in [0.25, 0.3) is 10.0 Å². The molecule has 0 bridgehead atoms. The lowest BCUT2D eigenvalue weighted by Gasteiger charge is -2.38. The van der Waals surface area contributed by atoms with Crippen LogP contribution in [-0.2, 0) is 10.0 Å². The number of sulfonamides is 1. The lowest BCUT2D eigenvalue weighted by molar-refractivity contribution is 0.0697. The minimum atomic E-state index is -3.89. The smallest absolute Gasteiger partial charge is 0.335 e. The normalized spacial score (nSPS) is 14.1. The van der Waals surface area contributed by atoms with Crippen LogP contribution in [0.1, 0.15) is 15.9 Å². The van der Waals surface area contributed by atoms with Crippen LogP contribution in [0.2, 0.25) is 0 Å². The topological polar surface area (TPSA) is 99.2 Å². The molecule has 34 heavy (non-hydrogen) atoms. The highest BCUT2D eigenvalue weighted by Gasteiger charge is 2.23. The molecule has 1 saturated heterocycles. The first-order valence-electron chi connectivity index (χ1n) is 10.9. The van der Waals surface area contributed by atoms with Crippen molar-refractivity contribution in [2.45, 2.75) is 11.8 Å². The lowest BCUT2D eigenvalue weighted by atomic mass is 10.1. The summed E-state index contributed by atoms with van der Waals surface area (Å²) in [6.07, 6.45) is 0. The second-order valence-corrected chi connectivity index (χ2v) is 9.81. The highest BCUT2D eigenvalue weighted by molar-refractivity contribution is 7.92. The van der Waals surface area contributed by atoms with Gasteiger partial charge in [-0.25, -0.2) is 13.2 Å². The molecule has 3 aromatic rings. The Kier molecular flexibility index (Phi) is 6.65. The number of rotatable bonds is 7. The number of nitrogens with zero attached hydrogens (tertiary/aromatic N) is 2. The molecule has 0 saturated carbocycles. The Morgan fingerprint density at radius 2 is 1.53 bits per heavy atom. The molecule has 178 valence electrons. The second kappa shape index (κ2) is 9.64. The van der Waals surface area contributed by atoms with Gasteiger partial charge in [0, 0.05) is 31.9 Å². The quantitative estimate of drug-likeness (QED) is 0.529. The third-order valence-electron chi connectivity index (χ3n) is 5.88. The fraction of sp³-hybridized carbons (Fsp3) is 0.240. The number of carbonyl (C=O) groups is 1. The number of aromatic carboxylic acids is 1. The number of piperazine rings is 1. The van der Waals surface area contributed by atoms with Gasteiger partial charge in [-0.15, -0.1) is 0 Å². The first-order valence-corrected chi connectivity index (χ1v) is 12.4. The first kappa shape index (κ1) is 23.4. The van der Waals surface area contributed by atoms with Crippen molar-refractivity contribution in [3.05, 3.63) is 77.9 Å². The van der Waals surface area contributed by atoms with Crippen LogP contribution in [0.25, 0.3) is 0 Å². The molecule has 8 nitrogen and oxygen atoms in total. The largest absolute Gasteiger partial charge is 0.497 e. The zero-order chi connectivity index (χ0) is 24.3. The molecule has 9 heteroatoms. The molecule has 1 aliphatic rings. The molecule has 1 fully saturated rings. The Morgan fingerprint density at radius 3 is 2.12 bits per heavy atom. The van der Waals surface area contributed by atoms with Gasteiger partial charge in [0.15, 0.2) is 0 Å². The number of nitrogens with one attached hydrogen (secondary N) is 1. The van der Waals surface area contributed by atoms with Gasteiger partial charge < -0.3 is 19.6 Å². The summed E-state index contributed by atoms with van der Waals surface area (Å²) < 4.78 is 33.9. The average molecular weight is 482 g/mol. The van der Waals surface area contributed by atoms with Crippen LogP contribution >= 0.6 is 0 Å². The maximum atomic E-state index is 13.0. The number of methoxy groups -OCH3 is 1. The molecular weight excluding hydrogens is 454 g/mol. The van der Waals surface area contributed by atoms with Crippen molar-refractivity contribution >= 4 is 33.1 Å². The molecular formula is C25H27N3O5S. The van der Waals surface area contributed by atoms with Gasteiger partial charge in [0.1, 0.15) is 5.75 Å². The number of carboxylic acids is 1. The van der Waals surface area contributed by atoms with Gasteiger partial charge >= 0.3 is 5.97 Å². The van der Waals surface area contributed by atoms with Crippen molar-refractivity contribution in [3.63, 3.8) is 0 Å². The molecule has 0 aromatic heterocycles. The van der Waals surface area contributed by atoms with Gasteiger partial charge in [-0.2, -0.15) is 0 Å². The van der Waals surface area contributed by atoms with Crippen LogP contribution in [0.4, 0.5) is 17.1 Å². The molecule has 4 rings (SSSR count). The lowest BCUT2D eigenvalue weighted by Crippen LogP contribution is -2.46. The first-order chi connectivity index (χ1) is 16.3. The van der Waals surface area contributed by atoms with Crippen LogP contribution in [0, 0.1) is 6.92 Å². The predicted octanol–water partition coefficient (Wildman–Crippen LogP) is 3.83. The van der Waals surface area contributed by atoms with Gasteiger partial charge in [-0.05, 0) is 61.5 Å². The Balaban J connectivity index is 1.57. The Bertz CT molecular complexity index is 1270. The van der Waals surface area contributed by atoms with Crippen molar-refractivity contribution in [3.8, 4) is 5.75 Å². The molecule has 0 spiro atoms. The summed E-state index contributed by atoms with van der Waals surface area (Å²) in [6.45, 7) is 4.65. The fourth-order valence-electron chi connectivity index (χ4n) is 3.95. The van der Waals surface area contributed by atoms with E-state index in [9.17, 15) is 18.3 Å². The monoisotopic (exact) mass is 481 g/mol. The number of anilines is 3. The minimum absolute atomic E-state index is 0.0159. The standard InChI is InChI=1S/C25H27N3O5S/c1-18-3-10-22(11-4-18)34(31,32)26-23-17-19(25(29)30)5-12-24(23)28-15-13-27(14-16-28)20-6-8-21(33-2)9-7-20/h3-12,17,26H,13-16H2,1-2H3,(H,29,30). The van der Waals surface area contributed by atoms with Crippen LogP contribution in [0.15, 0.2) is 71.6 Å². The van der Waals surface area contributed by atoms with E-state index in [0.717, 1.165) is 30.1 Å². The number of benzene rings is 3. The molecule has 2 N–H and O–H groups in total. The Hall–Kier alpha value is -3.72. The number of hydrogen-bond acceptors (Lipinski definition) is 6. The molecule has 0 aliphatic carbocycles. The van der Waals surface area contributed by atoms with E-state index in [-0.39, 0.29) is 16.1 Å². The molecule has 1 aliphatic heterocycles. The van der Waals surface area contributed by atoms with Crippen LogP contribution < -0.4 is 19.3 Å². The number of aryl methyl sites for hydroxylation is 1. The molecule has 0 radical (unpaired) electrons. The van der Waals surface area contributed by atoms with Gasteiger partial charge in [0.2, 0.25) is 0 Å². The van der Waals surface area contributed by atoms with Gasteiger partial charge in [0.05, 0.1) is 28.9 Å². The molecule has 3 aromatic carbocycles. The van der Waals surface area contributed by atoms with Crippen molar-refractivity contribution in [1.29, 1.82) is 0 Å². The second-order valence-electron chi connectivity index (χ2n) is 8.13. The van der Waals surface area contributed by atoms with E-state index in [1.807, 2.05) is 31.2 Å². The van der Waals surface area contributed by atoms with Crippen LogP contribution in [0.5, 0.6) is 5.75 Å². The number of hydrogen-bond donors (Lipinski definition) is 2. The zero-order valence-corrected chi connectivity index (χ0v) is 19.9. The van der Waals surface area contributed by atoms with Gasteiger partial charge in [-0.1, -0.05) is 17.7 Å². The van der Waals surface area contributed by atoms with Crippen molar-refractivity contribution in [1.82, 2.24) is 0 Å². The summed E-state index contributed by atoms with van der Waals surface area (Å²) in [5.74, 6) is -0.321. The van der Waals surface area contributed by atoms with Crippen molar-refractivity contribution in [2.24, 2.45) is 0 Å². The molecule has 1 heterocycles. The minimum Gasteiger partial charge on any atom is -0.497 e. The zero-order valence-electron chi connectivity index (χ0n) is 19.1. The van der Waals surface area contributed by atoms with Gasteiger partial charge in [-0.3, -0.25) is 4.72 Å². The third-order valence-corrected chi connectivity index (χ3v) is 7.26. The average Bonchev–Trinajstić information content (AvgIpc) is 2.84. The van der Waals surface area contributed by atoms with E-state index in [0.29, 0.717) is 18.8 Å². The number of carboxylic acid groups (broad SMARTS) is 1. The van der Waals surface area contributed by atoms with Crippen molar-refractivity contribution in [2.75, 3.05) is 47.8 Å². The molecule has 0 amide bonds. The van der Waals surface area contributed by atoms with E-state index >= 15 is 0 Å². The summed E-state index contributed by atoms with van der Waals surface area (Å²) in [7, 11) is -2.25. The third kappa shape index (κ3) is 5.09. The van der Waals surface area contributed by atoms with E-state index < -0.39 is 16.0 Å². The summed E-state index contributed by atoms with van der Waals surface area (Å²) >= 11 is 0. The summed E-state index contributed by atoms with van der Waals surface area (Å²) in [5.41, 5.74) is 2.94. The van der Waals surface area contributed by atoms with Crippen LogP contribution in [0.3, 0.4) is 0 Å². The molecule has 0 unspecified atom stereocenters. The van der Waals surface area contributed by atoms with Crippen LogP contribution in [-0.4, -0.2) is 52.8 Å². The molecule has 0 atom stereocenters. The van der Waals surface area contributed by atoms with E-state index in [2.05, 4.69) is 14.5 Å². The summed E-state index contributed by atoms with van der Waals surface area (Å²) in [5, 5.41) is 9.45. The van der Waals surface area contributed by atoms with E-state index in [1.165, 1.54) is 24.3 Å². The SMILES string of the molecule is COc1ccc(N2CCN(c3ccc(C(=O)O)cc3NS(=O)(=O)c3ccc(C)cc3)CC2)cc1. The predicted molar refractivity (Wildman–Crippen MR) is 133 cm³/mol. The summed E-state index contributed by atoms with van der Waals surface area (Å²) in [4.78, 5) is 16.0. The fourth-order valence-corrected chi connectivity index (χ4v) is 5.01. The Morgan fingerprint density at radius 1 is 0.912 bits per heavy atom. The van der Waals surface area contributed by atoms with E-state index in [1.54, 1.807) is 25.3 Å². The number of ether oxygens (including phenoxy) is 1. The Labute approximate surface area is 199 Å². The van der Waals surface area contributed by atoms with Crippen molar-refractivity contribution < 1.29 is 23.1 Å².